The third kappa shape index (κ3) is 33.9. The van der Waals surface area contributed by atoms with Crippen LogP contribution in [0.5, 0.6) is 5.75 Å². The maximum absolute atomic E-state index is 13.9. The van der Waals surface area contributed by atoms with Crippen molar-refractivity contribution in [2.45, 2.75) is 0 Å². The Morgan fingerprint density at radius 1 is 0.956 bits per heavy atom. The fraction of sp³-hybridized carbons (Fsp3) is 0.100. The zero-order valence-corrected chi connectivity index (χ0v) is 78.5. The van der Waals surface area contributed by atoms with Crippen LogP contribution in [0.4, 0.5) is 21.7 Å². The van der Waals surface area contributed by atoms with E-state index >= 15 is 0 Å². The van der Waals surface area contributed by atoms with Gasteiger partial charge in [-0.15, -0.1) is 0 Å². The standard InChI is InChI=1S/C20H15ClFN5O3.15K.H/c1-26-10-12(11-5-3-4-6-16(11)26)19-13(21)9-23-20(25-19)24-15-8-17(27(28)29)14(22)7-18(15)30-2;;;;;;;;;;;;;;;;/h3-10H,1-2H3,(H,23,24,25);;;;;;;;;;;;;;;;/q;;;;;;;;;;;;;;;+1;-1. The minimum absolute atomic E-state index is 0. The fourth-order valence-electron chi connectivity index (χ4n) is 3.22. The van der Waals surface area contributed by atoms with Crippen LogP contribution in [0.15, 0.2) is 48.8 Å². The van der Waals surface area contributed by atoms with Crippen LogP contribution in [0.3, 0.4) is 0 Å². The van der Waals surface area contributed by atoms with Crippen LogP contribution in [0, 0.1) is 15.9 Å². The van der Waals surface area contributed by atoms with Crippen molar-refractivity contribution in [3.05, 3.63) is 69.7 Å². The molecule has 0 aliphatic rings. The predicted molar refractivity (Wildman–Crippen MR) is 194 cm³/mol. The number of nitrogens with zero attached hydrogens (tertiary/aromatic N) is 4. The topological polar surface area (TPSA) is 95.1 Å². The summed E-state index contributed by atoms with van der Waals surface area (Å²) in [6, 6.07) is 9.76. The van der Waals surface area contributed by atoms with Gasteiger partial charge in [-0.1, -0.05) is 29.8 Å². The number of aryl methyl sites for hydroxylation is 1. The molecule has 8 nitrogen and oxygen atoms in total. The van der Waals surface area contributed by atoms with Gasteiger partial charge in [0, 0.05) is 41.8 Å². The number of nitro benzene ring substituents is 1. The van der Waals surface area contributed by atoms with Crippen LogP contribution in [-0.2, 0) is 7.05 Å². The molecular formula is C20H16ClFK15N5O3. The Hall–Kier alpha value is 20.8. The van der Waals surface area contributed by atoms with Gasteiger partial charge in [-0.2, -0.15) is 4.39 Å². The van der Waals surface area contributed by atoms with E-state index in [1.165, 1.54) is 455 Å². The van der Waals surface area contributed by atoms with Gasteiger partial charge in [0.2, 0.25) is 11.8 Å². The average Bonchev–Trinajstić information content (AvgIpc) is 3.44. The molecule has 0 amide bonds. The van der Waals surface area contributed by atoms with E-state index in [1.807, 2.05) is 42.1 Å². The number of halogens is 2. The molecule has 0 aliphatic heterocycles. The second-order valence-corrected chi connectivity index (χ2v) is 6.85. The van der Waals surface area contributed by atoms with E-state index in [-0.39, 0.29) is 70.2 Å². The Kier molecular flexibility index (Phi) is 92.6. The normalized spacial score (nSPS) is 8.53. The Morgan fingerprint density at radius 2 is 1.47 bits per heavy atom. The molecule has 1 N–H and O–H groups in total. The number of ether oxygens (including phenoxy) is 1. The molecule has 0 fully saturated rings. The number of rotatable bonds is 5. The molecule has 4 rings (SSSR count). The summed E-state index contributed by atoms with van der Waals surface area (Å²) in [7, 11) is 3.25. The van der Waals surface area contributed by atoms with E-state index in [4.69, 9.17) is 16.3 Å². The number of anilines is 2. The van der Waals surface area contributed by atoms with Crippen molar-refractivity contribution >= 4 is 482 Å². The summed E-state index contributed by atoms with van der Waals surface area (Å²) in [4.78, 5) is 18.9. The first-order chi connectivity index (χ1) is 21.4. The van der Waals surface area contributed by atoms with E-state index < -0.39 is 16.4 Å². The number of fused-ring (bicyclic) bond motifs is 1. The molecule has 4 aromatic rings. The van der Waals surface area contributed by atoms with Crippen molar-refractivity contribution < 1.29 is 66.9 Å². The summed E-state index contributed by atoms with van der Waals surface area (Å²) in [5, 5.41) is 15.2. The number of benzene rings is 2. The number of para-hydroxylation sites is 1. The fourth-order valence-corrected chi connectivity index (χ4v) is 3.41. The van der Waals surface area contributed by atoms with Gasteiger partial charge in [0.15, 0.2) is 0 Å². The molecule has 0 saturated carbocycles. The Balaban J connectivity index is -0.000000222. The third-order valence-electron chi connectivity index (χ3n) is 4.61. The number of nitro groups is 1. The Bertz CT molecular complexity index is 1340. The molecule has 0 bridgehead atoms. The molecule has 2 aromatic heterocycles. The first-order valence-electron chi connectivity index (χ1n) is 15.7. The molecule has 0 unspecified atom stereocenters. The number of methoxy groups -OCH3 is 1. The summed E-state index contributed by atoms with van der Waals surface area (Å²) in [6.07, 6.45) is 3.34. The maximum atomic E-state index is 13.9. The molecule has 0 radical (unpaired) electrons. The van der Waals surface area contributed by atoms with Crippen LogP contribution in [0.1, 0.15) is 1.43 Å². The zero-order valence-electron chi connectivity index (χ0n) is 31.9. The first-order valence-corrected chi connectivity index (χ1v) is 128. The molecule has 45 heavy (non-hydrogen) atoms. The van der Waals surface area contributed by atoms with Gasteiger partial charge < -0.3 is 16.0 Å². The van der Waals surface area contributed by atoms with Crippen LogP contribution >= 0.6 is 11.6 Å². The first kappa shape index (κ1) is 74.8. The molecule has 0 spiro atoms. The Morgan fingerprint density at radius 3 is 1.96 bits per heavy atom. The summed E-state index contributed by atoms with van der Waals surface area (Å²) >= 11 is 23.9. The summed E-state index contributed by atoms with van der Waals surface area (Å²) < 4.78 is 21.0. The number of nitrogens with one attached hydrogen (secondary N) is 1. The van der Waals surface area contributed by atoms with Gasteiger partial charge >= 0.3 is 499 Å². The minimum atomic E-state index is -1.00. The second-order valence-electron chi connectivity index (χ2n) is 6.45. The number of hydrogen-bond donors (Lipinski definition) is 1. The van der Waals surface area contributed by atoms with Crippen LogP contribution in [0.25, 0.3) is 22.2 Å². The van der Waals surface area contributed by atoms with Crippen molar-refractivity contribution in [2.75, 3.05) is 12.4 Å². The van der Waals surface area contributed by atoms with E-state index in [1.54, 1.807) is 0 Å². The van der Waals surface area contributed by atoms with Crippen molar-refractivity contribution in [1.82, 2.24) is 14.5 Å². The van der Waals surface area contributed by atoms with Gasteiger partial charge in [-0.3, -0.25) is 10.1 Å². The molecule has 168 valence electrons. The summed E-state index contributed by atoms with van der Waals surface area (Å²) in [5.74, 6) is -0.805. The average molecular weight is 1020 g/mol. The Labute approximate surface area is 633 Å². The number of hydrogen-bond acceptors (Lipinski definition) is 6. The van der Waals surface area contributed by atoms with Crippen LogP contribution < -0.4 is 61.4 Å². The van der Waals surface area contributed by atoms with Crippen LogP contribution in [-0.4, -0.2) is 469 Å². The molecule has 0 atom stereocenters. The monoisotopic (exact) mass is 1010 g/mol. The van der Waals surface area contributed by atoms with Crippen molar-refractivity contribution in [3.63, 3.8) is 0 Å². The summed E-state index contributed by atoms with van der Waals surface area (Å²) in [6.45, 7) is 0. The van der Waals surface area contributed by atoms with Gasteiger partial charge in [-0.05, 0) is 6.07 Å². The molecular weight excluding hydrogens is 999 g/mol. The number of aromatic nitrogens is 3. The van der Waals surface area contributed by atoms with E-state index in [2.05, 4.69) is 15.3 Å². The molecule has 2 aromatic carbocycles. The molecule has 0 aliphatic carbocycles. The SMILES string of the molecule is COc1cc(F)c([N+](=O)[O-])cc1Nc1ncc(Cl)c(-c2cn(C)c3ccccc23)n1.[H-].[K+].[K][K].[K][K].[K][K].[K][K].[K][K].[K][K].[K][K]. The second kappa shape index (κ2) is 55.7. The summed E-state index contributed by atoms with van der Waals surface area (Å²) in [5.41, 5.74) is 1.76. The third-order valence-corrected chi connectivity index (χ3v) is 4.88. The molecule has 2 heterocycles. The van der Waals surface area contributed by atoms with Crippen molar-refractivity contribution in [3.8, 4) is 17.0 Å². The van der Waals surface area contributed by atoms with E-state index in [0.29, 0.717) is 10.7 Å². The van der Waals surface area contributed by atoms with Crippen molar-refractivity contribution in [2.24, 2.45) is 7.05 Å². The predicted octanol–water partition coefficient (Wildman–Crippen LogP) is -3.13. The van der Waals surface area contributed by atoms with E-state index in [9.17, 15) is 14.5 Å². The van der Waals surface area contributed by atoms with Gasteiger partial charge in [0.05, 0.1) is 34.6 Å². The van der Waals surface area contributed by atoms with Crippen molar-refractivity contribution in [1.29, 1.82) is 0 Å². The zero-order chi connectivity index (χ0) is 35.4. The van der Waals surface area contributed by atoms with Gasteiger partial charge in [0.1, 0.15) is 5.75 Å². The molecule has 25 heteroatoms. The van der Waals surface area contributed by atoms with Gasteiger partial charge in [-0.25, -0.2) is 9.97 Å². The molecule has 0 saturated heterocycles. The van der Waals surface area contributed by atoms with E-state index in [0.717, 1.165) is 28.6 Å². The van der Waals surface area contributed by atoms with Crippen LogP contribution in [0.2, 0.25) is 5.02 Å². The quantitative estimate of drug-likeness (QED) is 0.129. The van der Waals surface area contributed by atoms with Gasteiger partial charge in [0.25, 0.3) is 0 Å².